The van der Waals surface area contributed by atoms with Crippen molar-refractivity contribution in [1.82, 2.24) is 9.88 Å². The SMILES string of the molecule is C=C(C)c1ccc(CC(c2sc(N3CCN(C)CC3)nc2O)=c2ccc3c(c2)C=NN=3)c(C(F)(F)F)c1. The largest absolute Gasteiger partial charge is 0.492 e. The molecule has 6 nitrogen and oxygen atoms in total. The summed E-state index contributed by atoms with van der Waals surface area (Å²) in [4.78, 5) is 9.18. The van der Waals surface area contributed by atoms with Crippen molar-refractivity contribution in [1.29, 1.82) is 0 Å². The van der Waals surface area contributed by atoms with Crippen LogP contribution in [-0.4, -0.2) is 54.4 Å². The van der Waals surface area contributed by atoms with Gasteiger partial charge in [0.05, 0.1) is 22.0 Å². The van der Waals surface area contributed by atoms with Gasteiger partial charge in [-0.1, -0.05) is 41.7 Å². The summed E-state index contributed by atoms with van der Waals surface area (Å²) in [6.45, 7) is 8.72. The third-order valence-corrected chi connectivity index (χ3v) is 7.82. The molecule has 1 fully saturated rings. The smallest absolute Gasteiger partial charge is 0.416 e. The summed E-state index contributed by atoms with van der Waals surface area (Å²) in [5.74, 6) is -0.181. The van der Waals surface area contributed by atoms with Crippen LogP contribution in [0.25, 0.3) is 11.1 Å². The first-order chi connectivity index (χ1) is 17.6. The highest BCUT2D eigenvalue weighted by Crippen LogP contribution is 2.39. The third-order valence-electron chi connectivity index (χ3n) is 6.66. The first-order valence-corrected chi connectivity index (χ1v) is 12.7. The fourth-order valence-corrected chi connectivity index (χ4v) is 5.56. The lowest BCUT2D eigenvalue weighted by Gasteiger charge is -2.31. The molecule has 0 spiro atoms. The van der Waals surface area contributed by atoms with Crippen LogP contribution in [0.15, 0.2) is 53.2 Å². The maximum Gasteiger partial charge on any atom is 0.416 e. The van der Waals surface area contributed by atoms with E-state index in [1.165, 1.54) is 17.4 Å². The second kappa shape index (κ2) is 9.75. The first kappa shape index (κ1) is 25.2. The highest BCUT2D eigenvalue weighted by molar-refractivity contribution is 7.17. The molecular weight excluding hydrogens is 499 g/mol. The molecule has 0 aliphatic carbocycles. The lowest BCUT2D eigenvalue weighted by atomic mass is 9.93. The van der Waals surface area contributed by atoms with Crippen molar-refractivity contribution in [2.24, 2.45) is 10.2 Å². The molecule has 0 atom stereocenters. The number of halogens is 3. The molecule has 2 aliphatic heterocycles. The number of benzene rings is 2. The van der Waals surface area contributed by atoms with E-state index in [0.717, 1.165) is 37.8 Å². The van der Waals surface area contributed by atoms with E-state index < -0.39 is 11.7 Å². The van der Waals surface area contributed by atoms with Crippen LogP contribution in [0.1, 0.15) is 34.1 Å². The predicted octanol–water partition coefficient (Wildman–Crippen LogP) is 4.06. The molecule has 0 bridgehead atoms. The number of anilines is 1. The summed E-state index contributed by atoms with van der Waals surface area (Å²) >= 11 is 1.30. The number of hydrogen-bond donors (Lipinski definition) is 1. The molecule has 0 amide bonds. The van der Waals surface area contributed by atoms with E-state index in [1.54, 1.807) is 31.3 Å². The van der Waals surface area contributed by atoms with Gasteiger partial charge in [-0.2, -0.15) is 28.4 Å². The second-order valence-corrected chi connectivity index (χ2v) is 10.3. The number of likely N-dealkylation sites (N-methyl/N-ethyl adjacent to an activating group) is 1. The lowest BCUT2D eigenvalue weighted by molar-refractivity contribution is -0.138. The second-order valence-electron chi connectivity index (χ2n) is 9.36. The average molecular weight is 526 g/mol. The van der Waals surface area contributed by atoms with Gasteiger partial charge in [-0.15, -0.1) is 0 Å². The van der Waals surface area contributed by atoms with Gasteiger partial charge in [0.15, 0.2) is 5.13 Å². The molecular formula is C27H26F3N5OS. The quantitative estimate of drug-likeness (QED) is 0.546. The Morgan fingerprint density at radius 3 is 2.57 bits per heavy atom. The van der Waals surface area contributed by atoms with E-state index in [-0.39, 0.29) is 17.9 Å². The molecule has 1 aromatic heterocycles. The number of aromatic nitrogens is 1. The zero-order valence-electron chi connectivity index (χ0n) is 20.5. The Balaban J connectivity index is 1.65. The van der Waals surface area contributed by atoms with E-state index in [9.17, 15) is 18.3 Å². The highest BCUT2D eigenvalue weighted by Gasteiger charge is 2.34. The molecule has 3 aromatic rings. The Labute approximate surface area is 216 Å². The molecule has 192 valence electrons. The van der Waals surface area contributed by atoms with E-state index in [2.05, 4.69) is 38.6 Å². The fraction of sp³-hybridized carbons (Fsp3) is 0.296. The van der Waals surface area contributed by atoms with Gasteiger partial charge in [-0.05, 0) is 54.1 Å². The molecule has 1 N–H and O–H groups in total. The number of aromatic hydroxyl groups is 1. The lowest BCUT2D eigenvalue weighted by Crippen LogP contribution is -2.44. The van der Waals surface area contributed by atoms with Crippen molar-refractivity contribution in [3.63, 3.8) is 0 Å². The van der Waals surface area contributed by atoms with Crippen molar-refractivity contribution in [2.75, 3.05) is 38.1 Å². The van der Waals surface area contributed by atoms with Gasteiger partial charge in [0, 0.05) is 38.2 Å². The Morgan fingerprint density at radius 2 is 1.86 bits per heavy atom. The summed E-state index contributed by atoms with van der Waals surface area (Å²) in [6.07, 6.45) is -2.98. The summed E-state index contributed by atoms with van der Waals surface area (Å²) in [5, 5.41) is 20.9. The average Bonchev–Trinajstić information content (AvgIpc) is 3.48. The molecule has 3 heterocycles. The Morgan fingerprint density at radius 1 is 1.11 bits per heavy atom. The van der Waals surface area contributed by atoms with Gasteiger partial charge in [0.25, 0.3) is 0 Å². The van der Waals surface area contributed by atoms with E-state index in [1.807, 2.05) is 6.07 Å². The normalized spacial score (nSPS) is 16.5. The molecule has 0 unspecified atom stereocenters. The maximum atomic E-state index is 14.1. The number of alkyl halides is 3. The van der Waals surface area contributed by atoms with Crippen molar-refractivity contribution < 1.29 is 18.3 Å². The molecule has 2 aromatic carbocycles. The van der Waals surface area contributed by atoms with Crippen LogP contribution in [0.5, 0.6) is 5.88 Å². The zero-order chi connectivity index (χ0) is 26.3. The number of nitrogens with zero attached hydrogens (tertiary/aromatic N) is 5. The minimum atomic E-state index is -4.55. The van der Waals surface area contributed by atoms with Crippen LogP contribution in [0.4, 0.5) is 18.3 Å². The van der Waals surface area contributed by atoms with Crippen LogP contribution in [0.3, 0.4) is 0 Å². The molecule has 2 aliphatic rings. The van der Waals surface area contributed by atoms with E-state index >= 15 is 0 Å². The number of thiazole rings is 1. The summed E-state index contributed by atoms with van der Waals surface area (Å²) in [6, 6.07) is 9.72. The van der Waals surface area contributed by atoms with Crippen LogP contribution in [0.2, 0.25) is 0 Å². The van der Waals surface area contributed by atoms with E-state index in [0.29, 0.717) is 37.3 Å². The molecule has 10 heteroatoms. The number of piperazine rings is 1. The van der Waals surface area contributed by atoms with Crippen LogP contribution < -0.4 is 15.5 Å². The Hall–Kier alpha value is -3.50. The molecule has 5 rings (SSSR count). The Kier molecular flexibility index (Phi) is 6.63. The minimum Gasteiger partial charge on any atom is -0.492 e. The number of rotatable bonds is 5. The van der Waals surface area contributed by atoms with Crippen LogP contribution in [-0.2, 0) is 12.6 Å². The standard InChI is InChI=1S/C27H26F3N5OS/c1-16(2)17-4-5-19(22(14-17)27(28,29)30)13-21(18-6-7-23-20(12-18)15-31-33-23)24-25(36)32-26(37-24)35-10-8-34(3)9-11-35/h4-7,12,14-15,36H,1,8-11,13H2,2-3H3. The van der Waals surface area contributed by atoms with Crippen LogP contribution in [0, 0.1) is 0 Å². The van der Waals surface area contributed by atoms with Gasteiger partial charge in [-0.25, -0.2) is 0 Å². The molecule has 37 heavy (non-hydrogen) atoms. The third kappa shape index (κ3) is 5.17. The highest BCUT2D eigenvalue weighted by atomic mass is 32.1. The Bertz CT molecular complexity index is 1520. The zero-order valence-corrected chi connectivity index (χ0v) is 21.3. The first-order valence-electron chi connectivity index (χ1n) is 11.8. The van der Waals surface area contributed by atoms with Gasteiger partial charge in [0.1, 0.15) is 0 Å². The summed E-state index contributed by atoms with van der Waals surface area (Å²) in [5.41, 5.74) is 1.72. The fourth-order valence-electron chi connectivity index (χ4n) is 4.48. The van der Waals surface area contributed by atoms with Crippen molar-refractivity contribution in [3.8, 4) is 5.88 Å². The number of fused-ring (bicyclic) bond motifs is 1. The van der Waals surface area contributed by atoms with Gasteiger partial charge < -0.3 is 14.9 Å². The van der Waals surface area contributed by atoms with Gasteiger partial charge in [0.2, 0.25) is 5.88 Å². The van der Waals surface area contributed by atoms with Crippen LogP contribution >= 0.6 is 11.3 Å². The summed E-state index contributed by atoms with van der Waals surface area (Å²) < 4.78 is 42.4. The predicted molar refractivity (Wildman–Crippen MR) is 141 cm³/mol. The molecule has 0 radical (unpaired) electrons. The molecule has 0 saturated carbocycles. The topological polar surface area (TPSA) is 64.3 Å². The van der Waals surface area contributed by atoms with Gasteiger partial charge >= 0.3 is 6.18 Å². The van der Waals surface area contributed by atoms with E-state index in [4.69, 9.17) is 0 Å². The minimum absolute atomic E-state index is 0.0453. The summed E-state index contributed by atoms with van der Waals surface area (Å²) in [7, 11) is 2.05. The van der Waals surface area contributed by atoms with Crippen molar-refractivity contribution in [3.05, 3.63) is 80.7 Å². The molecule has 1 saturated heterocycles. The van der Waals surface area contributed by atoms with Crippen molar-refractivity contribution >= 4 is 33.8 Å². The number of allylic oxidation sites excluding steroid dienone is 1. The number of hydrogen-bond acceptors (Lipinski definition) is 7. The van der Waals surface area contributed by atoms with Gasteiger partial charge in [-0.3, -0.25) is 0 Å². The maximum absolute atomic E-state index is 14.1. The monoisotopic (exact) mass is 525 g/mol. The van der Waals surface area contributed by atoms with Crippen molar-refractivity contribution in [2.45, 2.75) is 19.5 Å².